The Morgan fingerprint density at radius 3 is 2.71 bits per heavy atom. The molecule has 0 saturated heterocycles. The quantitative estimate of drug-likeness (QED) is 0.622. The van der Waals surface area contributed by atoms with Gasteiger partial charge in [-0.25, -0.2) is 18.2 Å². The van der Waals surface area contributed by atoms with Gasteiger partial charge in [0, 0.05) is 11.6 Å². The lowest BCUT2D eigenvalue weighted by Crippen LogP contribution is -2.03. The molecule has 1 heterocycles. The minimum Gasteiger partial charge on any atom is -0.240 e. The molecule has 1 aromatic rings. The summed E-state index contributed by atoms with van der Waals surface area (Å²) in [6.07, 6.45) is -3.25. The number of alkyl halides is 2. The third-order valence-electron chi connectivity index (χ3n) is 1.53. The van der Waals surface area contributed by atoms with Gasteiger partial charge in [-0.15, -0.1) is 0 Å². The molecule has 0 aliphatic heterocycles. The molecule has 0 unspecified atom stereocenters. The van der Waals surface area contributed by atoms with Crippen molar-refractivity contribution in [3.05, 3.63) is 26.8 Å². The molecule has 2 nitrogen and oxygen atoms in total. The maximum Gasteiger partial charge on any atom is 0.280 e. The molecule has 0 amide bonds. The van der Waals surface area contributed by atoms with Crippen molar-refractivity contribution in [2.75, 3.05) is 0 Å². The van der Waals surface area contributed by atoms with Crippen LogP contribution in [-0.4, -0.2) is 4.98 Å². The van der Waals surface area contributed by atoms with Gasteiger partial charge in [0.15, 0.2) is 0 Å². The van der Waals surface area contributed by atoms with Crippen LogP contribution < -0.4 is 0 Å². The summed E-state index contributed by atoms with van der Waals surface area (Å²) in [5.74, 6) is -0.804. The standard InChI is InChI=1S/C8H4F3IN2/c9-5-3-6(12)14-7(8(10)11)4(5)1-2-13/h3,8H,1H2. The minimum atomic E-state index is -2.86. The van der Waals surface area contributed by atoms with Gasteiger partial charge in [0.25, 0.3) is 6.43 Å². The summed E-state index contributed by atoms with van der Waals surface area (Å²) < 4.78 is 38.0. The summed E-state index contributed by atoms with van der Waals surface area (Å²) in [7, 11) is 0. The van der Waals surface area contributed by atoms with Crippen LogP contribution in [0.2, 0.25) is 0 Å². The first-order chi connectivity index (χ1) is 6.56. The maximum absolute atomic E-state index is 13.1. The molecule has 0 fully saturated rings. The molecule has 1 rings (SSSR count). The van der Waals surface area contributed by atoms with E-state index in [2.05, 4.69) is 4.98 Å². The average Bonchev–Trinajstić information content (AvgIpc) is 2.09. The predicted octanol–water partition coefficient (Wildman–Crippen LogP) is 2.83. The normalized spacial score (nSPS) is 10.3. The van der Waals surface area contributed by atoms with Crippen molar-refractivity contribution in [1.82, 2.24) is 4.98 Å². The number of aromatic nitrogens is 1. The van der Waals surface area contributed by atoms with E-state index in [1.54, 1.807) is 28.7 Å². The number of hydrogen-bond donors (Lipinski definition) is 0. The van der Waals surface area contributed by atoms with Crippen LogP contribution in [0, 0.1) is 20.8 Å². The van der Waals surface area contributed by atoms with Gasteiger partial charge in [0.1, 0.15) is 15.2 Å². The average molecular weight is 312 g/mol. The third kappa shape index (κ3) is 2.35. The van der Waals surface area contributed by atoms with Crippen molar-refractivity contribution < 1.29 is 13.2 Å². The topological polar surface area (TPSA) is 36.7 Å². The molecule has 1 aromatic heterocycles. The summed E-state index contributed by atoms with van der Waals surface area (Å²) >= 11 is 1.64. The van der Waals surface area contributed by atoms with Gasteiger partial charge in [0.2, 0.25) is 0 Å². The molecular weight excluding hydrogens is 308 g/mol. The molecule has 0 N–H and O–H groups in total. The first kappa shape index (κ1) is 11.2. The van der Waals surface area contributed by atoms with E-state index in [0.717, 1.165) is 6.07 Å². The first-order valence-corrected chi connectivity index (χ1v) is 4.64. The van der Waals surface area contributed by atoms with E-state index in [9.17, 15) is 13.2 Å². The van der Waals surface area contributed by atoms with Crippen molar-refractivity contribution in [2.24, 2.45) is 0 Å². The molecule has 6 heteroatoms. The van der Waals surface area contributed by atoms with Crippen LogP contribution in [0.3, 0.4) is 0 Å². The summed E-state index contributed by atoms with van der Waals surface area (Å²) in [6.45, 7) is 0. The number of hydrogen-bond acceptors (Lipinski definition) is 2. The van der Waals surface area contributed by atoms with Crippen LogP contribution in [0.25, 0.3) is 0 Å². The summed E-state index contributed by atoms with van der Waals surface area (Å²) in [5.41, 5.74) is -0.959. The SMILES string of the molecule is N#CCc1c(F)cc(I)nc1C(F)F. The van der Waals surface area contributed by atoms with Crippen LogP contribution >= 0.6 is 22.6 Å². The lowest BCUT2D eigenvalue weighted by atomic mass is 10.1. The van der Waals surface area contributed by atoms with E-state index in [1.165, 1.54) is 0 Å². The number of nitriles is 1. The molecule has 0 radical (unpaired) electrons. The summed E-state index contributed by atoms with van der Waals surface area (Å²) in [4.78, 5) is 3.50. The van der Waals surface area contributed by atoms with Crippen molar-refractivity contribution in [2.45, 2.75) is 12.8 Å². The molecule has 0 aliphatic carbocycles. The van der Waals surface area contributed by atoms with Crippen LogP contribution in [0.1, 0.15) is 17.7 Å². The van der Waals surface area contributed by atoms with Crippen LogP contribution in [0.5, 0.6) is 0 Å². The maximum atomic E-state index is 13.1. The van der Waals surface area contributed by atoms with Gasteiger partial charge < -0.3 is 0 Å². The summed E-state index contributed by atoms with van der Waals surface area (Å²) in [6, 6.07) is 2.65. The Balaban J connectivity index is 3.30. The van der Waals surface area contributed by atoms with Crippen molar-refractivity contribution in [3.8, 4) is 6.07 Å². The summed E-state index contributed by atoms with van der Waals surface area (Å²) in [5, 5.41) is 8.33. The highest BCUT2D eigenvalue weighted by Crippen LogP contribution is 2.24. The fourth-order valence-electron chi connectivity index (χ4n) is 0.963. The number of halogens is 4. The highest BCUT2D eigenvalue weighted by atomic mass is 127. The Hall–Kier alpha value is -0.840. The third-order valence-corrected chi connectivity index (χ3v) is 2.09. The van der Waals surface area contributed by atoms with E-state index in [0.29, 0.717) is 0 Å². The Morgan fingerprint density at radius 1 is 1.57 bits per heavy atom. The zero-order valence-corrected chi connectivity index (χ0v) is 8.93. The fourth-order valence-corrected chi connectivity index (χ4v) is 1.50. The van der Waals surface area contributed by atoms with Gasteiger partial charge in [-0.1, -0.05) is 0 Å². The monoisotopic (exact) mass is 312 g/mol. The van der Waals surface area contributed by atoms with E-state index < -0.39 is 24.4 Å². The molecule has 0 saturated carbocycles. The minimum absolute atomic E-state index is 0.150. The smallest absolute Gasteiger partial charge is 0.240 e. The first-order valence-electron chi connectivity index (χ1n) is 3.56. The Kier molecular flexibility index (Phi) is 3.69. The fraction of sp³-hybridized carbons (Fsp3) is 0.250. The molecule has 0 spiro atoms. The van der Waals surface area contributed by atoms with Gasteiger partial charge in [-0.3, -0.25) is 0 Å². The van der Waals surface area contributed by atoms with Gasteiger partial charge in [-0.05, 0) is 22.6 Å². The van der Waals surface area contributed by atoms with E-state index >= 15 is 0 Å². The zero-order chi connectivity index (χ0) is 10.7. The van der Waals surface area contributed by atoms with E-state index in [4.69, 9.17) is 5.26 Å². The van der Waals surface area contributed by atoms with E-state index in [1.807, 2.05) is 0 Å². The second-order valence-corrected chi connectivity index (χ2v) is 3.53. The predicted molar refractivity (Wildman–Crippen MR) is 51.2 cm³/mol. The van der Waals surface area contributed by atoms with Crippen LogP contribution in [0.15, 0.2) is 6.07 Å². The van der Waals surface area contributed by atoms with Crippen LogP contribution in [0.4, 0.5) is 13.2 Å². The highest BCUT2D eigenvalue weighted by molar-refractivity contribution is 14.1. The molecule has 0 aromatic carbocycles. The molecule has 14 heavy (non-hydrogen) atoms. The van der Waals surface area contributed by atoms with Gasteiger partial charge in [-0.2, -0.15) is 5.26 Å². The van der Waals surface area contributed by atoms with Crippen LogP contribution in [-0.2, 0) is 6.42 Å². The highest BCUT2D eigenvalue weighted by Gasteiger charge is 2.19. The van der Waals surface area contributed by atoms with Gasteiger partial charge in [0.05, 0.1) is 12.5 Å². The molecule has 74 valence electrons. The lowest BCUT2D eigenvalue weighted by Gasteiger charge is -2.06. The number of pyridine rings is 1. The molecule has 0 atom stereocenters. The number of rotatable bonds is 2. The van der Waals surface area contributed by atoms with E-state index in [-0.39, 0.29) is 9.26 Å². The number of nitrogens with zero attached hydrogens (tertiary/aromatic N) is 2. The molecule has 0 bridgehead atoms. The zero-order valence-electron chi connectivity index (χ0n) is 6.77. The Bertz CT molecular complexity index is 387. The van der Waals surface area contributed by atoms with Crippen molar-refractivity contribution >= 4 is 22.6 Å². The lowest BCUT2D eigenvalue weighted by molar-refractivity contribution is 0.144. The second-order valence-electron chi connectivity index (χ2n) is 2.43. The Morgan fingerprint density at radius 2 is 2.21 bits per heavy atom. The molecular formula is C8H4F3IN2. The van der Waals surface area contributed by atoms with Gasteiger partial charge >= 0.3 is 0 Å². The van der Waals surface area contributed by atoms with Crippen molar-refractivity contribution in [1.29, 1.82) is 5.26 Å². The second kappa shape index (κ2) is 4.59. The molecule has 0 aliphatic rings. The largest absolute Gasteiger partial charge is 0.280 e. The van der Waals surface area contributed by atoms with Crippen molar-refractivity contribution in [3.63, 3.8) is 0 Å². The Labute approximate surface area is 91.9 Å².